The standard InChI is InChI=1S/C37H32N6O2/c38-22-23-10-9-11-24(20-23)31-39-34(42-29-16-3-1-14-27(29)28-15-2-4-17-30(28)42)41-35(40-31)43-32(44)36-18-7-5-12-25(36)21-26-13-6-8-19-37(26,36)33(43)45/h1-4,9-11,14-17,20,25-26H,5-8,12-13,18-19,21H2. The van der Waals surface area contributed by atoms with Crippen LogP contribution in [0.2, 0.25) is 0 Å². The lowest BCUT2D eigenvalue weighted by Gasteiger charge is -2.45. The lowest BCUT2D eigenvalue weighted by atomic mass is 9.53. The van der Waals surface area contributed by atoms with E-state index in [0.29, 0.717) is 22.9 Å². The Morgan fingerprint density at radius 1 is 0.711 bits per heavy atom. The zero-order valence-electron chi connectivity index (χ0n) is 24.9. The Kier molecular flexibility index (Phi) is 5.62. The molecule has 3 saturated carbocycles. The van der Waals surface area contributed by atoms with Gasteiger partial charge in [0, 0.05) is 16.3 Å². The molecule has 1 saturated heterocycles. The molecule has 0 N–H and O–H groups in total. The third-order valence-corrected chi connectivity index (χ3v) is 11.5. The molecule has 3 heterocycles. The highest BCUT2D eigenvalue weighted by Crippen LogP contribution is 2.72. The number of aromatic nitrogens is 4. The smallest absolute Gasteiger partial charge is 0.244 e. The second kappa shape index (κ2) is 9.55. The quantitative estimate of drug-likeness (QED) is 0.206. The van der Waals surface area contributed by atoms with Gasteiger partial charge in [-0.3, -0.25) is 14.2 Å². The summed E-state index contributed by atoms with van der Waals surface area (Å²) >= 11 is 0. The average molecular weight is 593 g/mol. The van der Waals surface area contributed by atoms with Crippen LogP contribution in [0.1, 0.15) is 63.4 Å². The van der Waals surface area contributed by atoms with Crippen LogP contribution in [-0.4, -0.2) is 31.3 Å². The fourth-order valence-electron chi connectivity index (χ4n) is 9.81. The number of hydrogen-bond donors (Lipinski definition) is 0. The van der Waals surface area contributed by atoms with Crippen LogP contribution < -0.4 is 4.90 Å². The molecule has 222 valence electrons. The fraction of sp³-hybridized carbons (Fsp3) is 0.351. The van der Waals surface area contributed by atoms with E-state index in [1.54, 1.807) is 18.2 Å². The van der Waals surface area contributed by atoms with Crippen LogP contribution in [0.5, 0.6) is 0 Å². The molecule has 2 aromatic heterocycles. The fourth-order valence-corrected chi connectivity index (χ4v) is 9.81. The van der Waals surface area contributed by atoms with Gasteiger partial charge in [-0.15, -0.1) is 0 Å². The predicted octanol–water partition coefficient (Wildman–Crippen LogP) is 7.14. The Balaban J connectivity index is 1.30. The number of nitriles is 1. The predicted molar refractivity (Wildman–Crippen MR) is 170 cm³/mol. The topological polar surface area (TPSA) is 105 Å². The molecule has 2 spiro atoms. The summed E-state index contributed by atoms with van der Waals surface area (Å²) in [5.41, 5.74) is 1.59. The van der Waals surface area contributed by atoms with E-state index in [1.165, 1.54) is 4.90 Å². The summed E-state index contributed by atoms with van der Waals surface area (Å²) < 4.78 is 1.99. The molecule has 0 radical (unpaired) electrons. The molecule has 3 aromatic carbocycles. The molecule has 5 aromatic rings. The highest BCUT2D eigenvalue weighted by Gasteiger charge is 2.78. The van der Waals surface area contributed by atoms with Crippen LogP contribution in [0.15, 0.2) is 72.8 Å². The van der Waals surface area contributed by atoms with E-state index in [-0.39, 0.29) is 29.6 Å². The molecular weight excluding hydrogens is 560 g/mol. The van der Waals surface area contributed by atoms with Crippen LogP contribution in [0.4, 0.5) is 5.95 Å². The number of anilines is 1. The minimum atomic E-state index is -0.673. The van der Waals surface area contributed by atoms with Gasteiger partial charge in [-0.2, -0.15) is 20.2 Å². The molecule has 9 rings (SSSR count). The number of amides is 2. The minimum absolute atomic E-state index is 0.0843. The van der Waals surface area contributed by atoms with Crippen molar-refractivity contribution in [3.8, 4) is 23.4 Å². The second-order valence-corrected chi connectivity index (χ2v) is 13.3. The van der Waals surface area contributed by atoms with Crippen LogP contribution in [0, 0.1) is 34.0 Å². The van der Waals surface area contributed by atoms with Crippen molar-refractivity contribution in [3.05, 3.63) is 78.4 Å². The van der Waals surface area contributed by atoms with Crippen molar-refractivity contribution in [2.45, 2.75) is 57.8 Å². The van der Waals surface area contributed by atoms with E-state index in [4.69, 9.17) is 15.0 Å². The van der Waals surface area contributed by atoms with Crippen LogP contribution in [0.3, 0.4) is 0 Å². The Morgan fingerprint density at radius 3 is 1.93 bits per heavy atom. The molecular formula is C37H32N6O2. The van der Waals surface area contributed by atoms with Gasteiger partial charge >= 0.3 is 0 Å². The summed E-state index contributed by atoms with van der Waals surface area (Å²) in [6, 6.07) is 25.5. The molecule has 4 unspecified atom stereocenters. The van der Waals surface area contributed by atoms with Gasteiger partial charge in [0.2, 0.25) is 23.7 Å². The van der Waals surface area contributed by atoms with Crippen molar-refractivity contribution >= 4 is 39.6 Å². The zero-order valence-corrected chi connectivity index (χ0v) is 24.9. The number of para-hydroxylation sites is 2. The monoisotopic (exact) mass is 592 g/mol. The van der Waals surface area contributed by atoms with Gasteiger partial charge in [-0.25, -0.2) is 4.90 Å². The van der Waals surface area contributed by atoms with Gasteiger partial charge < -0.3 is 0 Å². The SMILES string of the molecule is N#Cc1cccc(-c2nc(N3C(=O)C45CCCCC4CC4CCCCC45C3=O)nc(-n3c4ccccc4c4ccccc43)n2)c1. The Bertz CT molecular complexity index is 2020. The van der Waals surface area contributed by atoms with E-state index in [2.05, 4.69) is 18.2 Å². The normalized spacial score (nSPS) is 27.4. The largest absolute Gasteiger partial charge is 0.278 e. The molecule has 45 heavy (non-hydrogen) atoms. The number of nitrogens with zero attached hydrogens (tertiary/aromatic N) is 6. The highest BCUT2D eigenvalue weighted by molar-refractivity contribution is 6.25. The number of carbonyl (C=O) groups excluding carboxylic acids is 2. The number of rotatable bonds is 3. The minimum Gasteiger partial charge on any atom is -0.278 e. The number of hydrogen-bond acceptors (Lipinski definition) is 6. The van der Waals surface area contributed by atoms with Crippen molar-refractivity contribution in [2.24, 2.45) is 22.7 Å². The zero-order chi connectivity index (χ0) is 30.3. The molecule has 2 amide bonds. The van der Waals surface area contributed by atoms with Crippen molar-refractivity contribution in [1.82, 2.24) is 19.5 Å². The first-order chi connectivity index (χ1) is 22.1. The first-order valence-corrected chi connectivity index (χ1v) is 16.2. The third kappa shape index (κ3) is 3.38. The maximum Gasteiger partial charge on any atom is 0.244 e. The Labute approximate surface area is 260 Å². The van der Waals surface area contributed by atoms with Gasteiger partial charge in [-0.1, -0.05) is 74.2 Å². The highest BCUT2D eigenvalue weighted by atomic mass is 16.2. The molecule has 4 fully saturated rings. The van der Waals surface area contributed by atoms with E-state index in [1.807, 2.05) is 47.0 Å². The van der Waals surface area contributed by atoms with Crippen LogP contribution >= 0.6 is 0 Å². The number of imide groups is 1. The number of carbonyl (C=O) groups is 2. The molecule has 8 heteroatoms. The molecule has 0 bridgehead atoms. The average Bonchev–Trinajstić information content (AvgIpc) is 3.65. The molecule has 3 aliphatic carbocycles. The Hall–Kier alpha value is -4.90. The maximum atomic E-state index is 14.9. The lowest BCUT2D eigenvalue weighted by molar-refractivity contribution is -0.142. The van der Waals surface area contributed by atoms with Crippen molar-refractivity contribution in [3.63, 3.8) is 0 Å². The van der Waals surface area contributed by atoms with Gasteiger partial charge in [0.15, 0.2) is 5.82 Å². The first-order valence-electron chi connectivity index (χ1n) is 16.2. The second-order valence-electron chi connectivity index (χ2n) is 13.3. The van der Waals surface area contributed by atoms with Gasteiger partial charge in [0.05, 0.1) is 33.5 Å². The molecule has 4 atom stereocenters. The van der Waals surface area contributed by atoms with Crippen molar-refractivity contribution < 1.29 is 9.59 Å². The molecule has 8 nitrogen and oxygen atoms in total. The van der Waals surface area contributed by atoms with Gasteiger partial charge in [-0.05, 0) is 68.2 Å². The summed E-state index contributed by atoms with van der Waals surface area (Å²) in [5, 5.41) is 11.8. The van der Waals surface area contributed by atoms with E-state index >= 15 is 0 Å². The first kappa shape index (κ1) is 26.5. The van der Waals surface area contributed by atoms with Crippen LogP contribution in [0.25, 0.3) is 39.1 Å². The van der Waals surface area contributed by atoms with Crippen molar-refractivity contribution in [2.75, 3.05) is 4.90 Å². The third-order valence-electron chi connectivity index (χ3n) is 11.5. The summed E-state index contributed by atoms with van der Waals surface area (Å²) in [5.74, 6) is 0.962. The van der Waals surface area contributed by atoms with Crippen molar-refractivity contribution in [1.29, 1.82) is 5.26 Å². The van der Waals surface area contributed by atoms with Gasteiger partial charge in [0.25, 0.3) is 0 Å². The number of fused-ring (bicyclic) bond motifs is 3. The summed E-state index contributed by atoms with van der Waals surface area (Å²) in [6.45, 7) is 0. The lowest BCUT2D eigenvalue weighted by Crippen LogP contribution is -2.49. The maximum absolute atomic E-state index is 14.9. The molecule has 4 aliphatic rings. The van der Waals surface area contributed by atoms with Gasteiger partial charge in [0.1, 0.15) is 0 Å². The number of benzene rings is 3. The van der Waals surface area contributed by atoms with Crippen LogP contribution in [-0.2, 0) is 9.59 Å². The van der Waals surface area contributed by atoms with E-state index in [0.717, 1.165) is 79.6 Å². The summed E-state index contributed by atoms with van der Waals surface area (Å²) in [7, 11) is 0. The Morgan fingerprint density at radius 2 is 1.31 bits per heavy atom. The summed E-state index contributed by atoms with van der Waals surface area (Å²) in [4.78, 5) is 46.0. The van der Waals surface area contributed by atoms with E-state index < -0.39 is 10.8 Å². The van der Waals surface area contributed by atoms with E-state index in [9.17, 15) is 14.9 Å². The summed E-state index contributed by atoms with van der Waals surface area (Å²) in [6.07, 6.45) is 8.65. The molecule has 1 aliphatic heterocycles.